The van der Waals surface area contributed by atoms with Crippen molar-refractivity contribution in [2.45, 2.75) is 12.2 Å². The molecule has 0 fully saturated rings. The molecule has 8 heteroatoms. The Labute approximate surface area is 169 Å². The van der Waals surface area contributed by atoms with Crippen molar-refractivity contribution in [1.29, 1.82) is 0 Å². The van der Waals surface area contributed by atoms with Crippen molar-refractivity contribution >= 4 is 26.7 Å². The first-order chi connectivity index (χ1) is 13.8. The Kier molecular flexibility index (Phi) is 6.12. The zero-order valence-corrected chi connectivity index (χ0v) is 17.3. The van der Waals surface area contributed by atoms with Crippen LogP contribution in [0.25, 0.3) is 11.0 Å². The van der Waals surface area contributed by atoms with Crippen LogP contribution in [0.3, 0.4) is 0 Å². The molecule has 3 rings (SSSR count). The van der Waals surface area contributed by atoms with E-state index in [-0.39, 0.29) is 11.5 Å². The fourth-order valence-electron chi connectivity index (χ4n) is 3.12. The van der Waals surface area contributed by atoms with Gasteiger partial charge in [-0.2, -0.15) is 0 Å². The average Bonchev–Trinajstić information content (AvgIpc) is 3.04. The van der Waals surface area contributed by atoms with Crippen LogP contribution in [0.4, 0.5) is 0 Å². The van der Waals surface area contributed by atoms with Gasteiger partial charge in [-0.05, 0) is 30.2 Å². The summed E-state index contributed by atoms with van der Waals surface area (Å²) >= 11 is 0. The molecule has 0 saturated carbocycles. The maximum absolute atomic E-state index is 12.7. The highest BCUT2D eigenvalue weighted by atomic mass is 32.2. The smallest absolute Gasteiger partial charge is 0.287 e. The number of carbonyl (C=O) groups excluding carboxylic acids is 1. The van der Waals surface area contributed by atoms with Crippen LogP contribution in [0.5, 0.6) is 11.5 Å². The number of fused-ring (bicyclic) bond motifs is 1. The van der Waals surface area contributed by atoms with Gasteiger partial charge in [0.25, 0.3) is 5.91 Å². The number of hydrogen-bond donors (Lipinski definition) is 1. The maximum Gasteiger partial charge on any atom is 0.287 e. The predicted molar refractivity (Wildman–Crippen MR) is 110 cm³/mol. The van der Waals surface area contributed by atoms with Gasteiger partial charge in [-0.25, -0.2) is 8.42 Å². The van der Waals surface area contributed by atoms with Crippen LogP contribution in [-0.2, 0) is 22.0 Å². The second-order valence-electron chi connectivity index (χ2n) is 6.67. The minimum atomic E-state index is -3.34. The number of amides is 1. The number of ether oxygens (including phenoxy) is 2. The topological polar surface area (TPSA) is 94.8 Å². The molecule has 0 aliphatic rings. The Hall–Kier alpha value is -3.00. The van der Waals surface area contributed by atoms with E-state index in [4.69, 9.17) is 13.9 Å². The number of methoxy groups -OCH3 is 2. The second kappa shape index (κ2) is 8.57. The first-order valence-corrected chi connectivity index (χ1v) is 11.1. The fourth-order valence-corrected chi connectivity index (χ4v) is 3.94. The standard InChI is InChI=1S/C21H23NO6S/c1-26-18-9-8-14(12-19(18)27-2)10-11-22-21(23)20-16(13-29(3,24)25)15-6-4-5-7-17(15)28-20/h4-9,12H,10-11,13H2,1-3H3,(H,22,23). The summed E-state index contributed by atoms with van der Waals surface area (Å²) in [6.07, 6.45) is 1.70. The van der Waals surface area contributed by atoms with Gasteiger partial charge in [-0.15, -0.1) is 0 Å². The number of furan rings is 1. The summed E-state index contributed by atoms with van der Waals surface area (Å²) in [6, 6.07) is 12.6. The number of carbonyl (C=O) groups is 1. The van der Waals surface area contributed by atoms with E-state index in [1.807, 2.05) is 12.1 Å². The third kappa shape index (κ3) is 4.89. The molecule has 0 atom stereocenters. The lowest BCUT2D eigenvalue weighted by Gasteiger charge is -2.10. The van der Waals surface area contributed by atoms with E-state index in [0.29, 0.717) is 41.0 Å². The average molecular weight is 417 g/mol. The molecular formula is C21H23NO6S. The molecule has 0 bridgehead atoms. The molecule has 3 aromatic rings. The van der Waals surface area contributed by atoms with Crippen LogP contribution >= 0.6 is 0 Å². The summed E-state index contributed by atoms with van der Waals surface area (Å²) in [5, 5.41) is 3.43. The highest BCUT2D eigenvalue weighted by Crippen LogP contribution is 2.28. The molecule has 0 unspecified atom stereocenters. The van der Waals surface area contributed by atoms with Crippen LogP contribution in [0.1, 0.15) is 21.7 Å². The van der Waals surface area contributed by atoms with Crippen molar-refractivity contribution in [1.82, 2.24) is 5.32 Å². The monoisotopic (exact) mass is 417 g/mol. The second-order valence-corrected chi connectivity index (χ2v) is 8.81. The normalized spacial score (nSPS) is 11.4. The lowest BCUT2D eigenvalue weighted by atomic mass is 10.1. The molecule has 7 nitrogen and oxygen atoms in total. The van der Waals surface area contributed by atoms with Crippen molar-refractivity contribution in [3.8, 4) is 11.5 Å². The minimum absolute atomic E-state index is 0.0314. The van der Waals surface area contributed by atoms with Crippen molar-refractivity contribution in [2.24, 2.45) is 0 Å². The molecule has 1 heterocycles. The maximum atomic E-state index is 12.7. The predicted octanol–water partition coefficient (Wildman–Crippen LogP) is 2.97. The van der Waals surface area contributed by atoms with E-state index in [2.05, 4.69) is 5.32 Å². The molecule has 0 radical (unpaired) electrons. The van der Waals surface area contributed by atoms with E-state index in [0.717, 1.165) is 11.8 Å². The Balaban J connectivity index is 1.76. The van der Waals surface area contributed by atoms with E-state index in [9.17, 15) is 13.2 Å². The lowest BCUT2D eigenvalue weighted by Crippen LogP contribution is -2.26. The Morgan fingerprint density at radius 2 is 1.79 bits per heavy atom. The minimum Gasteiger partial charge on any atom is -0.493 e. The van der Waals surface area contributed by atoms with Gasteiger partial charge in [-0.1, -0.05) is 24.3 Å². The van der Waals surface area contributed by atoms with E-state index in [1.165, 1.54) is 0 Å². The largest absolute Gasteiger partial charge is 0.493 e. The van der Waals surface area contributed by atoms with Crippen LogP contribution in [0.2, 0.25) is 0 Å². The zero-order valence-electron chi connectivity index (χ0n) is 16.5. The molecule has 1 aromatic heterocycles. The summed E-state index contributed by atoms with van der Waals surface area (Å²) in [7, 11) is -0.206. The summed E-state index contributed by atoms with van der Waals surface area (Å²) < 4.78 is 39.8. The molecule has 154 valence electrons. The lowest BCUT2D eigenvalue weighted by molar-refractivity contribution is 0.0927. The van der Waals surface area contributed by atoms with Crippen molar-refractivity contribution in [2.75, 3.05) is 27.0 Å². The van der Waals surface area contributed by atoms with Gasteiger partial charge >= 0.3 is 0 Å². The van der Waals surface area contributed by atoms with Crippen molar-refractivity contribution < 1.29 is 27.1 Å². The van der Waals surface area contributed by atoms with Gasteiger partial charge in [0, 0.05) is 23.8 Å². The number of para-hydroxylation sites is 1. The Bertz CT molecular complexity index is 1130. The third-order valence-corrected chi connectivity index (χ3v) is 5.27. The van der Waals surface area contributed by atoms with Gasteiger partial charge in [0.05, 0.1) is 20.0 Å². The van der Waals surface area contributed by atoms with E-state index in [1.54, 1.807) is 44.6 Å². The molecule has 0 saturated heterocycles. The third-order valence-electron chi connectivity index (χ3n) is 4.46. The highest BCUT2D eigenvalue weighted by Gasteiger charge is 2.23. The van der Waals surface area contributed by atoms with Gasteiger partial charge in [0.1, 0.15) is 5.58 Å². The van der Waals surface area contributed by atoms with Gasteiger partial charge in [0.2, 0.25) is 0 Å². The highest BCUT2D eigenvalue weighted by molar-refractivity contribution is 7.89. The van der Waals surface area contributed by atoms with Crippen LogP contribution < -0.4 is 14.8 Å². The molecule has 0 aliphatic carbocycles. The number of benzene rings is 2. The first kappa shape index (κ1) is 20.7. The summed E-state index contributed by atoms with van der Waals surface area (Å²) in [5.41, 5.74) is 1.83. The quantitative estimate of drug-likeness (QED) is 0.606. The first-order valence-electron chi connectivity index (χ1n) is 8.99. The number of rotatable bonds is 8. The van der Waals surface area contributed by atoms with Crippen molar-refractivity contribution in [3.63, 3.8) is 0 Å². The van der Waals surface area contributed by atoms with Crippen LogP contribution in [-0.4, -0.2) is 41.3 Å². The molecule has 1 amide bonds. The molecule has 29 heavy (non-hydrogen) atoms. The van der Waals surface area contributed by atoms with E-state index < -0.39 is 15.7 Å². The summed E-state index contributed by atoms with van der Waals surface area (Å²) in [5.74, 6) is 0.573. The molecule has 0 aliphatic heterocycles. The molecule has 0 spiro atoms. The molecule has 1 N–H and O–H groups in total. The van der Waals surface area contributed by atoms with Crippen LogP contribution in [0, 0.1) is 0 Å². The van der Waals surface area contributed by atoms with Crippen LogP contribution in [0.15, 0.2) is 46.9 Å². The SMILES string of the molecule is COc1ccc(CCNC(=O)c2oc3ccccc3c2CS(C)(=O)=O)cc1OC. The van der Waals surface area contributed by atoms with Gasteiger partial charge < -0.3 is 19.2 Å². The number of sulfone groups is 1. The molecular weight excluding hydrogens is 394 g/mol. The Morgan fingerprint density at radius 3 is 2.48 bits per heavy atom. The summed E-state index contributed by atoms with van der Waals surface area (Å²) in [6.45, 7) is 0.351. The van der Waals surface area contributed by atoms with Gasteiger partial charge in [-0.3, -0.25) is 4.79 Å². The zero-order chi connectivity index (χ0) is 21.0. The summed E-state index contributed by atoms with van der Waals surface area (Å²) in [4.78, 5) is 12.7. The number of hydrogen-bond acceptors (Lipinski definition) is 6. The van der Waals surface area contributed by atoms with Crippen molar-refractivity contribution in [3.05, 3.63) is 59.4 Å². The Morgan fingerprint density at radius 1 is 1.07 bits per heavy atom. The fraction of sp³-hybridized carbons (Fsp3) is 0.286. The van der Waals surface area contributed by atoms with Gasteiger partial charge in [0.15, 0.2) is 27.1 Å². The van der Waals surface area contributed by atoms with E-state index >= 15 is 0 Å². The molecule has 2 aromatic carbocycles. The number of nitrogens with one attached hydrogen (secondary N) is 1.